The van der Waals surface area contributed by atoms with E-state index in [1.807, 2.05) is 36.4 Å². The van der Waals surface area contributed by atoms with Gasteiger partial charge in [0, 0.05) is 24.2 Å². The molecule has 0 aliphatic rings. The number of allylic oxidation sites excluding steroid dienone is 2. The largest absolute Gasteiger partial charge is 0.462 e. The maximum Gasteiger partial charge on any atom is 0.328 e. The summed E-state index contributed by atoms with van der Waals surface area (Å²) in [7, 11) is -3.65. The minimum Gasteiger partial charge on any atom is -0.462 e. The van der Waals surface area contributed by atoms with E-state index in [9.17, 15) is 18.9 Å². The van der Waals surface area contributed by atoms with Gasteiger partial charge in [-0.15, -0.1) is 0 Å². The molecule has 2 aromatic carbocycles. The Bertz CT molecular complexity index is 1390. The molecular weight excluding hydrogens is 469 g/mol. The van der Waals surface area contributed by atoms with Crippen molar-refractivity contribution in [1.29, 1.82) is 0 Å². The van der Waals surface area contributed by atoms with Gasteiger partial charge in [0.05, 0.1) is 12.3 Å². The summed E-state index contributed by atoms with van der Waals surface area (Å²) < 4.78 is 26.6. The summed E-state index contributed by atoms with van der Waals surface area (Å²) in [5, 5.41) is 4.56. The minimum atomic E-state index is -3.65. The van der Waals surface area contributed by atoms with Gasteiger partial charge in [-0.05, 0) is 39.1 Å². The Morgan fingerprint density at radius 2 is 1.83 bits per heavy atom. The molecule has 2 N–H and O–H groups in total. The van der Waals surface area contributed by atoms with E-state index < -0.39 is 30.8 Å². The quantitative estimate of drug-likeness (QED) is 0.247. The minimum absolute atomic E-state index is 0.0422. The lowest BCUT2D eigenvalue weighted by Crippen LogP contribution is -2.36. The van der Waals surface area contributed by atoms with Gasteiger partial charge in [-0.3, -0.25) is 23.7 Å². The lowest BCUT2D eigenvalue weighted by atomic mass is 10.1. The molecule has 186 valence electrons. The summed E-state index contributed by atoms with van der Waals surface area (Å²) >= 11 is 0. The van der Waals surface area contributed by atoms with Crippen LogP contribution in [0, 0.1) is 0 Å². The van der Waals surface area contributed by atoms with E-state index in [0.29, 0.717) is 5.75 Å². The molecular formula is C25H30N3O6P. The third kappa shape index (κ3) is 7.28. The maximum absolute atomic E-state index is 14.0. The van der Waals surface area contributed by atoms with Gasteiger partial charge in [0.2, 0.25) is 0 Å². The SMILES string of the molecule is C/C(=C\CP(=O)(N[C@@H](C)C(=O)OC(C)C)Oc1cccc2ccccc12)Cn1ccc(=O)[nH]c1=O. The highest BCUT2D eigenvalue weighted by atomic mass is 31.2. The Balaban J connectivity index is 1.88. The summed E-state index contributed by atoms with van der Waals surface area (Å²) in [6.07, 6.45) is 2.73. The molecule has 10 heteroatoms. The second-order valence-corrected chi connectivity index (χ2v) is 10.7. The number of carbonyl (C=O) groups is 1. The predicted molar refractivity (Wildman–Crippen MR) is 136 cm³/mol. The van der Waals surface area contributed by atoms with Crippen LogP contribution in [-0.4, -0.2) is 33.8 Å². The van der Waals surface area contributed by atoms with E-state index in [-0.39, 0.29) is 18.8 Å². The monoisotopic (exact) mass is 499 g/mol. The van der Waals surface area contributed by atoms with Crippen molar-refractivity contribution in [2.45, 2.75) is 46.4 Å². The van der Waals surface area contributed by atoms with E-state index >= 15 is 0 Å². The highest BCUT2D eigenvalue weighted by Crippen LogP contribution is 2.46. The molecule has 1 heterocycles. The second-order valence-electron chi connectivity index (χ2n) is 8.55. The first-order valence-electron chi connectivity index (χ1n) is 11.3. The van der Waals surface area contributed by atoms with Gasteiger partial charge in [-0.25, -0.2) is 9.88 Å². The molecule has 0 amide bonds. The van der Waals surface area contributed by atoms with Crippen LogP contribution in [0.5, 0.6) is 5.75 Å². The number of esters is 1. The molecule has 3 rings (SSSR count). The number of H-pyrrole nitrogens is 1. The van der Waals surface area contributed by atoms with Crippen LogP contribution in [0.15, 0.2) is 76.0 Å². The van der Waals surface area contributed by atoms with Crippen LogP contribution < -0.4 is 20.9 Å². The number of nitrogens with one attached hydrogen (secondary N) is 2. The molecule has 0 radical (unpaired) electrons. The van der Waals surface area contributed by atoms with Crippen molar-refractivity contribution >= 4 is 24.3 Å². The van der Waals surface area contributed by atoms with Crippen molar-refractivity contribution in [3.8, 4) is 5.75 Å². The van der Waals surface area contributed by atoms with Crippen molar-refractivity contribution in [3.05, 3.63) is 87.2 Å². The fraction of sp³-hybridized carbons (Fsp3) is 0.320. The average Bonchev–Trinajstić information content (AvgIpc) is 2.79. The Kier molecular flexibility index (Phi) is 8.48. The van der Waals surface area contributed by atoms with Gasteiger partial charge in [-0.1, -0.05) is 48.0 Å². The van der Waals surface area contributed by atoms with Crippen molar-refractivity contribution in [3.63, 3.8) is 0 Å². The third-order valence-corrected chi connectivity index (χ3v) is 7.02. The Morgan fingerprint density at radius 3 is 2.54 bits per heavy atom. The number of benzene rings is 2. The third-order valence-electron chi connectivity index (χ3n) is 5.09. The van der Waals surface area contributed by atoms with E-state index in [1.165, 1.54) is 16.8 Å². The summed E-state index contributed by atoms with van der Waals surface area (Å²) in [5.74, 6) is -0.117. The number of ether oxygens (including phenoxy) is 1. The molecule has 0 saturated heterocycles. The van der Waals surface area contributed by atoms with Crippen LogP contribution in [0.25, 0.3) is 10.8 Å². The van der Waals surface area contributed by atoms with Crippen LogP contribution >= 0.6 is 7.52 Å². The molecule has 0 saturated carbocycles. The molecule has 2 atom stereocenters. The average molecular weight is 500 g/mol. The first-order valence-corrected chi connectivity index (χ1v) is 13.1. The van der Waals surface area contributed by atoms with Gasteiger partial charge >= 0.3 is 19.2 Å². The molecule has 0 fully saturated rings. The smallest absolute Gasteiger partial charge is 0.328 e. The number of hydrogen-bond acceptors (Lipinski definition) is 6. The molecule has 35 heavy (non-hydrogen) atoms. The maximum atomic E-state index is 14.0. The first kappa shape index (κ1) is 26.2. The summed E-state index contributed by atoms with van der Waals surface area (Å²) in [4.78, 5) is 37.9. The number of rotatable bonds is 10. The zero-order valence-electron chi connectivity index (χ0n) is 20.2. The molecule has 9 nitrogen and oxygen atoms in total. The first-order chi connectivity index (χ1) is 16.6. The van der Waals surface area contributed by atoms with E-state index in [1.54, 1.807) is 39.8 Å². The number of aromatic amines is 1. The standard InChI is InChI=1S/C25H30N3O6P/c1-17(2)33-24(30)19(4)27-35(32,34-22-11-7-9-20-8-5-6-10-21(20)22)15-13-18(3)16-28-14-12-23(29)26-25(28)31/h5-14,17,19H,15-16H2,1-4H3,(H,27,32)(H,26,29,31)/b18-13+/t19-,35?/m0/s1. The Morgan fingerprint density at radius 1 is 1.11 bits per heavy atom. The molecule has 0 bridgehead atoms. The Hall–Kier alpha value is -3.42. The predicted octanol–water partition coefficient (Wildman–Crippen LogP) is 3.84. The molecule has 1 aromatic heterocycles. The second kappa shape index (κ2) is 11.3. The van der Waals surface area contributed by atoms with Crippen LogP contribution in [0.3, 0.4) is 0 Å². The number of nitrogens with zero attached hydrogens (tertiary/aromatic N) is 1. The van der Waals surface area contributed by atoms with Crippen LogP contribution in [0.2, 0.25) is 0 Å². The van der Waals surface area contributed by atoms with Gasteiger partial charge in [0.15, 0.2) is 0 Å². The number of hydrogen-bond donors (Lipinski definition) is 2. The Labute approximate surface area is 203 Å². The fourth-order valence-electron chi connectivity index (χ4n) is 3.41. The fourth-order valence-corrected chi connectivity index (χ4v) is 5.37. The van der Waals surface area contributed by atoms with Crippen molar-refractivity contribution < 1.29 is 18.6 Å². The zero-order chi connectivity index (χ0) is 25.6. The van der Waals surface area contributed by atoms with Gasteiger partial charge in [0.1, 0.15) is 11.8 Å². The van der Waals surface area contributed by atoms with Crippen LogP contribution in [0.4, 0.5) is 0 Å². The number of aromatic nitrogens is 2. The summed E-state index contributed by atoms with van der Waals surface area (Å²) in [6, 6.07) is 13.4. The molecule has 0 aliphatic heterocycles. The van der Waals surface area contributed by atoms with E-state index in [0.717, 1.165) is 16.3 Å². The highest BCUT2D eigenvalue weighted by Gasteiger charge is 2.30. The van der Waals surface area contributed by atoms with Crippen molar-refractivity contribution in [2.75, 3.05) is 6.16 Å². The van der Waals surface area contributed by atoms with E-state index in [4.69, 9.17) is 9.26 Å². The zero-order valence-corrected chi connectivity index (χ0v) is 21.1. The number of fused-ring (bicyclic) bond motifs is 1. The summed E-state index contributed by atoms with van der Waals surface area (Å²) in [6.45, 7) is 7.01. The topological polar surface area (TPSA) is 119 Å². The molecule has 0 aliphatic carbocycles. The van der Waals surface area contributed by atoms with Crippen molar-refractivity contribution in [2.24, 2.45) is 0 Å². The molecule has 0 spiro atoms. The van der Waals surface area contributed by atoms with Gasteiger partial charge in [0.25, 0.3) is 5.56 Å². The van der Waals surface area contributed by atoms with E-state index in [2.05, 4.69) is 10.1 Å². The summed E-state index contributed by atoms with van der Waals surface area (Å²) in [5.41, 5.74) is -0.295. The highest BCUT2D eigenvalue weighted by molar-refractivity contribution is 7.57. The van der Waals surface area contributed by atoms with Crippen LogP contribution in [-0.2, 0) is 20.6 Å². The number of carbonyl (C=O) groups excluding carboxylic acids is 1. The van der Waals surface area contributed by atoms with Gasteiger partial charge < -0.3 is 9.26 Å². The normalized spacial score (nSPS) is 14.5. The van der Waals surface area contributed by atoms with Gasteiger partial charge in [-0.2, -0.15) is 0 Å². The lowest BCUT2D eigenvalue weighted by Gasteiger charge is -2.24. The lowest BCUT2D eigenvalue weighted by molar-refractivity contribution is -0.149. The molecule has 3 aromatic rings. The molecule has 1 unspecified atom stereocenters. The van der Waals surface area contributed by atoms with Crippen LogP contribution in [0.1, 0.15) is 27.7 Å². The van der Waals surface area contributed by atoms with Crippen molar-refractivity contribution in [1.82, 2.24) is 14.6 Å².